The fourth-order valence-corrected chi connectivity index (χ4v) is 3.12. The zero-order valence-corrected chi connectivity index (χ0v) is 13.0. The monoisotopic (exact) mass is 295 g/mol. The Morgan fingerprint density at radius 1 is 1.00 bits per heavy atom. The van der Waals surface area contributed by atoms with Crippen LogP contribution in [0, 0.1) is 0 Å². The van der Waals surface area contributed by atoms with Gasteiger partial charge in [0.1, 0.15) is 0 Å². The van der Waals surface area contributed by atoms with Gasteiger partial charge in [-0.1, -0.05) is 18.2 Å². The molecule has 6 nitrogen and oxygen atoms in total. The molecule has 0 bridgehead atoms. The highest BCUT2D eigenvalue weighted by Gasteiger charge is 2.75. The number of ether oxygens (including phenoxy) is 4. The van der Waals surface area contributed by atoms with Crippen LogP contribution in [-0.2, 0) is 23.7 Å². The Kier molecular flexibility index (Phi) is 4.34. The van der Waals surface area contributed by atoms with E-state index in [1.807, 2.05) is 37.3 Å². The predicted octanol–water partition coefficient (Wildman–Crippen LogP) is 1.40. The molecule has 1 atom stereocenters. The van der Waals surface area contributed by atoms with E-state index in [1.54, 1.807) is 4.90 Å². The first kappa shape index (κ1) is 15.9. The molecule has 2 rings (SSSR count). The number of amides is 1. The normalized spacial score (nSPS) is 24.3. The lowest BCUT2D eigenvalue weighted by molar-refractivity contribution is -0.304. The third kappa shape index (κ3) is 1.91. The highest BCUT2D eigenvalue weighted by atomic mass is 16.7. The molecule has 0 spiro atoms. The van der Waals surface area contributed by atoms with Crippen molar-refractivity contribution in [3.63, 3.8) is 0 Å². The molecule has 1 unspecified atom stereocenters. The number of para-hydroxylation sites is 1. The van der Waals surface area contributed by atoms with Crippen LogP contribution in [-0.4, -0.2) is 52.0 Å². The smallest absolute Gasteiger partial charge is 0.291 e. The van der Waals surface area contributed by atoms with Crippen LogP contribution in [0.3, 0.4) is 0 Å². The molecule has 0 radical (unpaired) electrons. The molecule has 1 aromatic carbocycles. The second-order valence-electron chi connectivity index (χ2n) is 4.95. The SMILES string of the molecule is COC(OC)C1(C)N(c2ccccc2)C(=O)C1(OC)OC. The van der Waals surface area contributed by atoms with Crippen molar-refractivity contribution in [2.75, 3.05) is 33.3 Å². The molecule has 1 saturated heterocycles. The summed E-state index contributed by atoms with van der Waals surface area (Å²) in [7, 11) is 5.90. The number of hydrogen-bond acceptors (Lipinski definition) is 5. The van der Waals surface area contributed by atoms with Crippen molar-refractivity contribution in [3.05, 3.63) is 30.3 Å². The fraction of sp³-hybridized carbons (Fsp3) is 0.533. The van der Waals surface area contributed by atoms with E-state index in [0.717, 1.165) is 5.69 Å². The average molecular weight is 295 g/mol. The van der Waals surface area contributed by atoms with Gasteiger partial charge in [-0.25, -0.2) is 0 Å². The van der Waals surface area contributed by atoms with E-state index in [0.29, 0.717) is 0 Å². The molecule has 1 aliphatic heterocycles. The van der Waals surface area contributed by atoms with Crippen molar-refractivity contribution in [2.24, 2.45) is 0 Å². The van der Waals surface area contributed by atoms with Crippen LogP contribution < -0.4 is 4.90 Å². The number of hydrogen-bond donors (Lipinski definition) is 0. The van der Waals surface area contributed by atoms with E-state index in [2.05, 4.69) is 0 Å². The van der Waals surface area contributed by atoms with E-state index >= 15 is 0 Å². The van der Waals surface area contributed by atoms with Gasteiger partial charge in [-0.3, -0.25) is 9.69 Å². The highest BCUT2D eigenvalue weighted by molar-refractivity contribution is 6.09. The Balaban J connectivity index is 2.53. The van der Waals surface area contributed by atoms with Crippen LogP contribution in [0.4, 0.5) is 5.69 Å². The van der Waals surface area contributed by atoms with Gasteiger partial charge in [-0.15, -0.1) is 0 Å². The molecular formula is C15H21NO5. The Hall–Kier alpha value is -1.47. The van der Waals surface area contributed by atoms with Crippen molar-refractivity contribution in [3.8, 4) is 0 Å². The molecule has 21 heavy (non-hydrogen) atoms. The molecule has 0 saturated carbocycles. The zero-order valence-electron chi connectivity index (χ0n) is 13.0. The maximum absolute atomic E-state index is 12.7. The van der Waals surface area contributed by atoms with Crippen LogP contribution in [0.25, 0.3) is 0 Å². The third-order valence-corrected chi connectivity index (χ3v) is 4.09. The molecule has 1 aliphatic rings. The lowest BCUT2D eigenvalue weighted by Gasteiger charge is -2.62. The molecule has 6 heteroatoms. The maximum atomic E-state index is 12.7. The van der Waals surface area contributed by atoms with Crippen LogP contribution in [0.15, 0.2) is 30.3 Å². The van der Waals surface area contributed by atoms with Gasteiger partial charge in [0.15, 0.2) is 11.8 Å². The molecule has 1 aromatic rings. The van der Waals surface area contributed by atoms with Gasteiger partial charge in [0.2, 0.25) is 0 Å². The lowest BCUT2D eigenvalue weighted by Crippen LogP contribution is -2.87. The van der Waals surface area contributed by atoms with Gasteiger partial charge in [0, 0.05) is 34.1 Å². The molecule has 0 N–H and O–H groups in total. The molecule has 116 valence electrons. The Morgan fingerprint density at radius 2 is 1.52 bits per heavy atom. The molecule has 0 aliphatic carbocycles. The number of anilines is 1. The second-order valence-corrected chi connectivity index (χ2v) is 4.95. The van der Waals surface area contributed by atoms with Gasteiger partial charge in [0.05, 0.1) is 0 Å². The summed E-state index contributed by atoms with van der Waals surface area (Å²) in [5.74, 6) is -1.74. The summed E-state index contributed by atoms with van der Waals surface area (Å²) in [6.45, 7) is 1.81. The third-order valence-electron chi connectivity index (χ3n) is 4.09. The van der Waals surface area contributed by atoms with Crippen LogP contribution in [0.2, 0.25) is 0 Å². The fourth-order valence-electron chi connectivity index (χ4n) is 3.12. The standard InChI is InChI=1S/C15H21NO5/c1-14(13(18-2)19-3)15(20-4,21-5)12(17)16(14)11-9-7-6-8-10-11/h6-10,13H,1-5H3. The van der Waals surface area contributed by atoms with Crippen LogP contribution in [0.1, 0.15) is 6.92 Å². The minimum Gasteiger partial charge on any atom is -0.353 e. The molecule has 1 heterocycles. The maximum Gasteiger partial charge on any atom is 0.291 e. The Bertz CT molecular complexity index is 498. The topological polar surface area (TPSA) is 57.2 Å². The number of rotatable bonds is 6. The van der Waals surface area contributed by atoms with Gasteiger partial charge in [0.25, 0.3) is 11.7 Å². The average Bonchev–Trinajstić information content (AvgIpc) is 2.51. The molecular weight excluding hydrogens is 274 g/mol. The first-order valence-corrected chi connectivity index (χ1v) is 6.59. The minimum absolute atomic E-state index is 0.291. The van der Waals surface area contributed by atoms with Gasteiger partial charge < -0.3 is 18.9 Å². The summed E-state index contributed by atoms with van der Waals surface area (Å²) < 4.78 is 21.6. The molecule has 1 amide bonds. The number of nitrogens with zero attached hydrogens (tertiary/aromatic N) is 1. The van der Waals surface area contributed by atoms with Gasteiger partial charge in [-0.05, 0) is 19.1 Å². The predicted molar refractivity (Wildman–Crippen MR) is 76.9 cm³/mol. The number of methoxy groups -OCH3 is 4. The van der Waals surface area contributed by atoms with Gasteiger partial charge >= 0.3 is 0 Å². The van der Waals surface area contributed by atoms with Gasteiger partial charge in [-0.2, -0.15) is 0 Å². The second kappa shape index (κ2) is 5.73. The summed E-state index contributed by atoms with van der Waals surface area (Å²) in [4.78, 5) is 14.2. The summed E-state index contributed by atoms with van der Waals surface area (Å²) >= 11 is 0. The van der Waals surface area contributed by atoms with E-state index < -0.39 is 17.6 Å². The van der Waals surface area contributed by atoms with E-state index in [1.165, 1.54) is 28.4 Å². The number of β-lactam (4-membered cyclic amide) rings is 1. The van der Waals surface area contributed by atoms with Crippen molar-refractivity contribution in [1.29, 1.82) is 0 Å². The number of carbonyl (C=O) groups excluding carboxylic acids is 1. The zero-order chi connectivity index (χ0) is 15.7. The molecule has 0 aromatic heterocycles. The largest absolute Gasteiger partial charge is 0.353 e. The van der Waals surface area contributed by atoms with Crippen molar-refractivity contribution in [1.82, 2.24) is 0 Å². The van der Waals surface area contributed by atoms with Crippen LogP contribution in [0.5, 0.6) is 0 Å². The number of carbonyl (C=O) groups is 1. The van der Waals surface area contributed by atoms with Crippen molar-refractivity contribution in [2.45, 2.75) is 24.5 Å². The van der Waals surface area contributed by atoms with E-state index in [-0.39, 0.29) is 5.91 Å². The number of benzene rings is 1. The first-order valence-electron chi connectivity index (χ1n) is 6.59. The van der Waals surface area contributed by atoms with Crippen LogP contribution >= 0.6 is 0 Å². The Labute approximate surface area is 124 Å². The van der Waals surface area contributed by atoms with E-state index in [4.69, 9.17) is 18.9 Å². The summed E-state index contributed by atoms with van der Waals surface area (Å²) in [5.41, 5.74) is -0.229. The van der Waals surface area contributed by atoms with Crippen molar-refractivity contribution >= 4 is 11.6 Å². The lowest BCUT2D eigenvalue weighted by atomic mass is 9.76. The summed E-state index contributed by atoms with van der Waals surface area (Å²) in [6, 6.07) is 9.28. The highest BCUT2D eigenvalue weighted by Crippen LogP contribution is 2.49. The van der Waals surface area contributed by atoms with Crippen molar-refractivity contribution < 1.29 is 23.7 Å². The molecule has 1 fully saturated rings. The first-order chi connectivity index (χ1) is 10.0. The van der Waals surface area contributed by atoms with E-state index in [9.17, 15) is 4.79 Å². The quantitative estimate of drug-likeness (QED) is 0.586. The Morgan fingerprint density at radius 3 is 1.95 bits per heavy atom. The minimum atomic E-state index is -1.44. The summed E-state index contributed by atoms with van der Waals surface area (Å²) in [5, 5.41) is 0. The summed E-state index contributed by atoms with van der Waals surface area (Å²) in [6.07, 6.45) is -0.713.